The van der Waals surface area contributed by atoms with Gasteiger partial charge in [0.05, 0.1) is 11.5 Å². The Morgan fingerprint density at radius 3 is 2.82 bits per heavy atom. The lowest BCUT2D eigenvalue weighted by molar-refractivity contribution is -0.385. The van der Waals surface area contributed by atoms with Crippen molar-refractivity contribution in [1.82, 2.24) is 5.32 Å². The number of amides is 1. The van der Waals surface area contributed by atoms with Crippen molar-refractivity contribution in [2.45, 2.75) is 26.2 Å². The minimum atomic E-state index is -1.39. The van der Waals surface area contributed by atoms with Crippen LogP contribution in [-0.2, 0) is 20.7 Å². The molecule has 118 valence electrons. The number of nitro groups is 1. The van der Waals surface area contributed by atoms with Crippen molar-refractivity contribution in [1.29, 1.82) is 0 Å². The smallest absolute Gasteiger partial charge is 0.321 e. The molecule has 1 heterocycles. The third-order valence-electron chi connectivity index (χ3n) is 3.85. The second-order valence-electron chi connectivity index (χ2n) is 5.22. The first-order chi connectivity index (χ1) is 10.5. The zero-order valence-electron chi connectivity index (χ0n) is 12.3. The fourth-order valence-electron chi connectivity index (χ4n) is 2.74. The lowest BCUT2D eigenvalue weighted by atomic mass is 9.74. The molecule has 7 heteroatoms. The van der Waals surface area contributed by atoms with Crippen molar-refractivity contribution < 1.29 is 19.2 Å². The van der Waals surface area contributed by atoms with E-state index in [1.165, 1.54) is 6.07 Å². The van der Waals surface area contributed by atoms with E-state index in [1.807, 2.05) is 0 Å². The van der Waals surface area contributed by atoms with E-state index >= 15 is 0 Å². The Kier molecular flexibility index (Phi) is 4.75. The van der Waals surface area contributed by atoms with E-state index in [9.17, 15) is 19.7 Å². The van der Waals surface area contributed by atoms with Gasteiger partial charge in [0.2, 0.25) is 5.91 Å². The number of carbonyl (C=O) groups excluding carboxylic acids is 2. The first kappa shape index (κ1) is 15.9. The summed E-state index contributed by atoms with van der Waals surface area (Å²) in [6.07, 6.45) is 0.920. The molecule has 1 unspecified atom stereocenters. The summed E-state index contributed by atoms with van der Waals surface area (Å²) in [6, 6.07) is 6.15. The Bertz CT molecular complexity index is 601. The largest absolute Gasteiger partial charge is 0.465 e. The van der Waals surface area contributed by atoms with E-state index < -0.39 is 22.2 Å². The highest BCUT2D eigenvalue weighted by molar-refractivity contribution is 6.03. The first-order valence-electron chi connectivity index (χ1n) is 7.19. The van der Waals surface area contributed by atoms with Gasteiger partial charge < -0.3 is 10.1 Å². The maximum Gasteiger partial charge on any atom is 0.321 e. The highest BCUT2D eigenvalue weighted by atomic mass is 16.6. The number of esters is 1. The summed E-state index contributed by atoms with van der Waals surface area (Å²) in [7, 11) is 0. The zero-order valence-corrected chi connectivity index (χ0v) is 12.3. The van der Waals surface area contributed by atoms with Crippen LogP contribution in [0.4, 0.5) is 5.69 Å². The molecule has 7 nitrogen and oxygen atoms in total. The average Bonchev–Trinajstić information content (AvgIpc) is 2.50. The van der Waals surface area contributed by atoms with Crippen LogP contribution in [0.2, 0.25) is 0 Å². The third kappa shape index (κ3) is 2.93. The minimum absolute atomic E-state index is 0.0329. The van der Waals surface area contributed by atoms with E-state index in [-0.39, 0.29) is 18.7 Å². The van der Waals surface area contributed by atoms with Crippen molar-refractivity contribution >= 4 is 17.6 Å². The third-order valence-corrected chi connectivity index (χ3v) is 3.85. The standard InChI is InChI=1S/C15H18N2O5/c1-2-22-14(19)15(8-5-9-16-13(15)18)10-11-6-3-4-7-12(11)17(20)21/h3-4,6-7H,2,5,8-10H2,1H3,(H,16,18). The Morgan fingerprint density at radius 1 is 1.45 bits per heavy atom. The highest BCUT2D eigenvalue weighted by Gasteiger charge is 2.49. The van der Waals surface area contributed by atoms with Gasteiger partial charge in [0, 0.05) is 24.6 Å². The molecule has 1 saturated heterocycles. The van der Waals surface area contributed by atoms with E-state index in [0.29, 0.717) is 24.9 Å². The van der Waals surface area contributed by atoms with Gasteiger partial charge in [0.25, 0.3) is 5.69 Å². The predicted octanol–water partition coefficient (Wildman–Crippen LogP) is 1.60. The molecule has 1 aromatic rings. The van der Waals surface area contributed by atoms with Crippen LogP contribution in [0.1, 0.15) is 25.3 Å². The molecule has 0 bridgehead atoms. The van der Waals surface area contributed by atoms with Gasteiger partial charge in [-0.25, -0.2) is 0 Å². The second kappa shape index (κ2) is 6.55. The fraction of sp³-hybridized carbons (Fsp3) is 0.467. The van der Waals surface area contributed by atoms with Crippen LogP contribution in [0.3, 0.4) is 0 Å². The molecule has 1 aliphatic rings. The number of ether oxygens (including phenoxy) is 1. The van der Waals surface area contributed by atoms with Gasteiger partial charge in [-0.15, -0.1) is 0 Å². The first-order valence-corrected chi connectivity index (χ1v) is 7.19. The number of carbonyl (C=O) groups is 2. The van der Waals surface area contributed by atoms with Crippen molar-refractivity contribution in [2.75, 3.05) is 13.2 Å². The molecule has 0 saturated carbocycles. The van der Waals surface area contributed by atoms with Crippen molar-refractivity contribution in [2.24, 2.45) is 5.41 Å². The maximum absolute atomic E-state index is 12.4. The molecule has 1 aromatic carbocycles. The number of nitrogens with zero attached hydrogens (tertiary/aromatic N) is 1. The van der Waals surface area contributed by atoms with E-state index in [1.54, 1.807) is 25.1 Å². The number of benzene rings is 1. The van der Waals surface area contributed by atoms with E-state index in [0.717, 1.165) is 0 Å². The molecule has 22 heavy (non-hydrogen) atoms. The summed E-state index contributed by atoms with van der Waals surface area (Å²) in [5.41, 5.74) is -1.12. The molecule has 2 rings (SSSR count). The Balaban J connectivity index is 2.41. The fourth-order valence-corrected chi connectivity index (χ4v) is 2.74. The van der Waals surface area contributed by atoms with Gasteiger partial charge >= 0.3 is 5.97 Å². The van der Waals surface area contributed by atoms with Gasteiger partial charge in [-0.05, 0) is 19.8 Å². The Morgan fingerprint density at radius 2 is 2.18 bits per heavy atom. The topological polar surface area (TPSA) is 98.5 Å². The molecular weight excluding hydrogens is 288 g/mol. The molecule has 0 aromatic heterocycles. The van der Waals surface area contributed by atoms with Crippen LogP contribution < -0.4 is 5.32 Å². The summed E-state index contributed by atoms with van der Waals surface area (Å²) in [5.74, 6) is -1.04. The molecule has 1 amide bonds. The molecule has 1 N–H and O–H groups in total. The summed E-state index contributed by atoms with van der Waals surface area (Å²) >= 11 is 0. The molecule has 1 aliphatic heterocycles. The lowest BCUT2D eigenvalue weighted by Gasteiger charge is -2.33. The molecule has 1 fully saturated rings. The summed E-state index contributed by atoms with van der Waals surface area (Å²) in [6.45, 7) is 2.32. The normalized spacial score (nSPS) is 21.0. The van der Waals surface area contributed by atoms with Crippen LogP contribution in [0.25, 0.3) is 0 Å². The number of piperidine rings is 1. The van der Waals surface area contributed by atoms with Crippen LogP contribution >= 0.6 is 0 Å². The van der Waals surface area contributed by atoms with Gasteiger partial charge in [0.15, 0.2) is 5.41 Å². The summed E-state index contributed by atoms with van der Waals surface area (Å²) < 4.78 is 5.06. The average molecular weight is 306 g/mol. The molecule has 0 aliphatic carbocycles. The molecule has 1 atom stereocenters. The number of nitrogens with one attached hydrogen (secondary N) is 1. The molecule has 0 radical (unpaired) electrons. The molecular formula is C15H18N2O5. The van der Waals surface area contributed by atoms with Crippen LogP contribution in [0, 0.1) is 15.5 Å². The number of hydrogen-bond donors (Lipinski definition) is 1. The zero-order chi connectivity index (χ0) is 16.2. The SMILES string of the molecule is CCOC(=O)C1(Cc2ccccc2[N+](=O)[O-])CCCNC1=O. The van der Waals surface area contributed by atoms with Crippen molar-refractivity contribution in [3.63, 3.8) is 0 Å². The van der Waals surface area contributed by atoms with Gasteiger partial charge in [-0.3, -0.25) is 19.7 Å². The summed E-state index contributed by atoms with van der Waals surface area (Å²) in [4.78, 5) is 35.3. The maximum atomic E-state index is 12.4. The highest BCUT2D eigenvalue weighted by Crippen LogP contribution is 2.35. The summed E-state index contributed by atoms with van der Waals surface area (Å²) in [5, 5.41) is 13.8. The van der Waals surface area contributed by atoms with E-state index in [4.69, 9.17) is 4.74 Å². The van der Waals surface area contributed by atoms with Gasteiger partial charge in [-0.2, -0.15) is 0 Å². The number of hydrogen-bond acceptors (Lipinski definition) is 5. The van der Waals surface area contributed by atoms with Crippen molar-refractivity contribution in [3.8, 4) is 0 Å². The number of para-hydroxylation sites is 1. The Labute approximate surface area is 127 Å². The van der Waals surface area contributed by atoms with E-state index in [2.05, 4.69) is 5.32 Å². The minimum Gasteiger partial charge on any atom is -0.465 e. The quantitative estimate of drug-likeness (QED) is 0.385. The monoisotopic (exact) mass is 306 g/mol. The van der Waals surface area contributed by atoms with Gasteiger partial charge in [0.1, 0.15) is 0 Å². The van der Waals surface area contributed by atoms with Gasteiger partial charge in [-0.1, -0.05) is 18.2 Å². The molecule has 0 spiro atoms. The second-order valence-corrected chi connectivity index (χ2v) is 5.22. The van der Waals surface area contributed by atoms with Crippen LogP contribution in [0.5, 0.6) is 0 Å². The Hall–Kier alpha value is -2.44. The lowest BCUT2D eigenvalue weighted by Crippen LogP contribution is -2.52. The predicted molar refractivity (Wildman–Crippen MR) is 78.1 cm³/mol. The number of rotatable bonds is 5. The van der Waals surface area contributed by atoms with Crippen LogP contribution in [-0.4, -0.2) is 30.0 Å². The number of nitro benzene ring substituents is 1. The van der Waals surface area contributed by atoms with Crippen LogP contribution in [0.15, 0.2) is 24.3 Å². The van der Waals surface area contributed by atoms with Crippen molar-refractivity contribution in [3.05, 3.63) is 39.9 Å².